The van der Waals surface area contributed by atoms with Crippen LogP contribution in [0.5, 0.6) is 0 Å². The van der Waals surface area contributed by atoms with Crippen LogP contribution in [0.1, 0.15) is 25.8 Å². The van der Waals surface area contributed by atoms with Gasteiger partial charge in [0.15, 0.2) is 0 Å². The molecule has 0 fully saturated rings. The van der Waals surface area contributed by atoms with E-state index in [9.17, 15) is 8.42 Å². The third-order valence-corrected chi connectivity index (χ3v) is 4.78. The highest BCUT2D eigenvalue weighted by Gasteiger charge is 2.22. The van der Waals surface area contributed by atoms with E-state index in [1.165, 1.54) is 4.31 Å². The molecule has 0 atom stereocenters. The van der Waals surface area contributed by atoms with Gasteiger partial charge in [0.25, 0.3) is 0 Å². The summed E-state index contributed by atoms with van der Waals surface area (Å²) in [6.07, 6.45) is 1.09. The quantitative estimate of drug-likeness (QED) is 0.792. The third-order valence-electron chi connectivity index (χ3n) is 2.80. The molecule has 0 amide bonds. The Morgan fingerprint density at radius 1 is 1.22 bits per heavy atom. The molecule has 1 aromatic rings. The number of hydrogen-bond acceptors (Lipinski definition) is 3. The molecule has 0 aliphatic rings. The summed E-state index contributed by atoms with van der Waals surface area (Å²) in [7, 11) is -3.47. The maximum atomic E-state index is 12.3. The van der Waals surface area contributed by atoms with Crippen molar-refractivity contribution in [3.8, 4) is 6.07 Å². The maximum Gasteiger partial charge on any atom is 0.243 e. The van der Waals surface area contributed by atoms with Gasteiger partial charge in [-0.15, -0.1) is 0 Å². The molecule has 4 nitrogen and oxygen atoms in total. The van der Waals surface area contributed by atoms with Crippen LogP contribution in [0.2, 0.25) is 0 Å². The summed E-state index contributed by atoms with van der Waals surface area (Å²) in [6, 6.07) is 8.87. The highest BCUT2D eigenvalue weighted by atomic mass is 32.2. The van der Waals surface area contributed by atoms with Crippen LogP contribution in [-0.2, 0) is 16.4 Å². The molecule has 5 heteroatoms. The monoisotopic (exact) mass is 266 g/mol. The summed E-state index contributed by atoms with van der Waals surface area (Å²) in [4.78, 5) is 0.291. The van der Waals surface area contributed by atoms with Gasteiger partial charge in [-0.3, -0.25) is 0 Å². The van der Waals surface area contributed by atoms with Crippen molar-refractivity contribution in [3.05, 3.63) is 29.8 Å². The fraction of sp³-hybridized carbons (Fsp3) is 0.462. The van der Waals surface area contributed by atoms with Gasteiger partial charge in [0.1, 0.15) is 0 Å². The van der Waals surface area contributed by atoms with Crippen LogP contribution in [0.3, 0.4) is 0 Å². The molecule has 98 valence electrons. The van der Waals surface area contributed by atoms with Gasteiger partial charge in [-0.1, -0.05) is 26.0 Å². The van der Waals surface area contributed by atoms with Crippen molar-refractivity contribution in [1.29, 1.82) is 5.26 Å². The first-order chi connectivity index (χ1) is 8.56. The van der Waals surface area contributed by atoms with Crippen LogP contribution in [0.25, 0.3) is 0 Å². The zero-order valence-corrected chi connectivity index (χ0v) is 11.6. The summed E-state index contributed by atoms with van der Waals surface area (Å²) in [5.41, 5.74) is 1.11. The molecule has 0 unspecified atom stereocenters. The van der Waals surface area contributed by atoms with Gasteiger partial charge in [0, 0.05) is 19.5 Å². The highest BCUT2D eigenvalue weighted by Crippen LogP contribution is 2.16. The largest absolute Gasteiger partial charge is 0.243 e. The predicted octanol–water partition coefficient (Wildman–Crippen LogP) is 2.17. The topological polar surface area (TPSA) is 61.2 Å². The standard InChI is InChI=1S/C13H18N2O2S/c1-3-12-6-8-13(9-7-12)18(16,17)15(4-2)11-5-10-14/h6-9H,3-5,11H2,1-2H3. The number of hydrogen-bond donors (Lipinski definition) is 0. The summed E-state index contributed by atoms with van der Waals surface area (Å²) in [6.45, 7) is 4.41. The zero-order valence-electron chi connectivity index (χ0n) is 10.8. The molecule has 0 radical (unpaired) electrons. The van der Waals surface area contributed by atoms with E-state index >= 15 is 0 Å². The number of benzene rings is 1. The molecule has 0 heterocycles. The second-order valence-corrected chi connectivity index (χ2v) is 5.84. The number of sulfonamides is 1. The molecule has 1 rings (SSSR count). The Labute approximate surface area is 109 Å². The van der Waals surface area contributed by atoms with E-state index < -0.39 is 10.0 Å². The predicted molar refractivity (Wildman–Crippen MR) is 70.5 cm³/mol. The molecule has 1 aromatic carbocycles. The van der Waals surface area contributed by atoms with E-state index in [1.807, 2.05) is 25.1 Å². The Kier molecular flexibility index (Phi) is 5.32. The van der Waals surface area contributed by atoms with E-state index in [-0.39, 0.29) is 13.0 Å². The lowest BCUT2D eigenvalue weighted by Crippen LogP contribution is -2.31. The average Bonchev–Trinajstić information content (AvgIpc) is 2.39. The molecule has 18 heavy (non-hydrogen) atoms. The Hall–Kier alpha value is -1.38. The van der Waals surface area contributed by atoms with E-state index in [4.69, 9.17) is 5.26 Å². The number of nitrogens with zero attached hydrogens (tertiary/aromatic N) is 2. The minimum atomic E-state index is -3.47. The fourth-order valence-corrected chi connectivity index (χ4v) is 3.12. The van der Waals surface area contributed by atoms with E-state index in [1.54, 1.807) is 19.1 Å². The van der Waals surface area contributed by atoms with Crippen LogP contribution in [0.15, 0.2) is 29.2 Å². The van der Waals surface area contributed by atoms with Crippen molar-refractivity contribution >= 4 is 10.0 Å². The SMILES string of the molecule is CCc1ccc(S(=O)(=O)N(CC)CCC#N)cc1. The first-order valence-corrected chi connectivity index (χ1v) is 7.46. The minimum absolute atomic E-state index is 0.208. The molecule has 0 aliphatic heterocycles. The molecule has 0 saturated carbocycles. The van der Waals surface area contributed by atoms with Crippen molar-refractivity contribution in [3.63, 3.8) is 0 Å². The Morgan fingerprint density at radius 2 is 1.83 bits per heavy atom. The highest BCUT2D eigenvalue weighted by molar-refractivity contribution is 7.89. The normalized spacial score (nSPS) is 11.4. The summed E-state index contributed by atoms with van der Waals surface area (Å²) < 4.78 is 25.9. The van der Waals surface area contributed by atoms with E-state index in [0.29, 0.717) is 11.4 Å². The molecular weight excluding hydrogens is 248 g/mol. The second kappa shape index (κ2) is 6.53. The number of rotatable bonds is 6. The van der Waals surface area contributed by atoms with Crippen LogP contribution >= 0.6 is 0 Å². The van der Waals surface area contributed by atoms with Crippen LogP contribution in [0, 0.1) is 11.3 Å². The van der Waals surface area contributed by atoms with Crippen molar-refractivity contribution < 1.29 is 8.42 Å². The third kappa shape index (κ3) is 3.31. The Balaban J connectivity index is 2.99. The van der Waals surface area contributed by atoms with Gasteiger partial charge < -0.3 is 0 Å². The van der Waals surface area contributed by atoms with Gasteiger partial charge in [-0.25, -0.2) is 8.42 Å². The lowest BCUT2D eigenvalue weighted by Gasteiger charge is -2.19. The van der Waals surface area contributed by atoms with Gasteiger partial charge in [-0.05, 0) is 24.1 Å². The van der Waals surface area contributed by atoms with Gasteiger partial charge >= 0.3 is 0 Å². The van der Waals surface area contributed by atoms with Crippen LogP contribution < -0.4 is 0 Å². The molecule has 0 spiro atoms. The van der Waals surface area contributed by atoms with E-state index in [0.717, 1.165) is 12.0 Å². The van der Waals surface area contributed by atoms with Gasteiger partial charge in [0.05, 0.1) is 11.0 Å². The lowest BCUT2D eigenvalue weighted by atomic mass is 10.2. The van der Waals surface area contributed by atoms with Crippen LogP contribution in [0.4, 0.5) is 0 Å². The Bertz CT molecular complexity index is 515. The molecule has 0 saturated heterocycles. The van der Waals surface area contributed by atoms with Crippen molar-refractivity contribution in [2.24, 2.45) is 0 Å². The first-order valence-electron chi connectivity index (χ1n) is 6.02. The zero-order chi connectivity index (χ0) is 13.6. The molecule has 0 N–H and O–H groups in total. The Morgan fingerprint density at radius 3 is 2.28 bits per heavy atom. The van der Waals surface area contributed by atoms with Crippen molar-refractivity contribution in [2.45, 2.75) is 31.6 Å². The molecule has 0 bridgehead atoms. The van der Waals surface area contributed by atoms with Crippen LogP contribution in [-0.4, -0.2) is 25.8 Å². The van der Waals surface area contributed by atoms with Gasteiger partial charge in [-0.2, -0.15) is 9.57 Å². The average molecular weight is 266 g/mol. The molecule has 0 aromatic heterocycles. The maximum absolute atomic E-state index is 12.3. The minimum Gasteiger partial charge on any atom is -0.207 e. The molecule has 0 aliphatic carbocycles. The smallest absolute Gasteiger partial charge is 0.207 e. The first kappa shape index (κ1) is 14.7. The molecular formula is C13H18N2O2S. The summed E-state index contributed by atoms with van der Waals surface area (Å²) in [5, 5.41) is 8.54. The van der Waals surface area contributed by atoms with Gasteiger partial charge in [0.2, 0.25) is 10.0 Å². The number of nitriles is 1. The summed E-state index contributed by atoms with van der Waals surface area (Å²) >= 11 is 0. The fourth-order valence-electron chi connectivity index (χ4n) is 1.67. The summed E-state index contributed by atoms with van der Waals surface area (Å²) in [5.74, 6) is 0. The van der Waals surface area contributed by atoms with E-state index in [2.05, 4.69) is 0 Å². The lowest BCUT2D eigenvalue weighted by molar-refractivity contribution is 0.435. The van der Waals surface area contributed by atoms with Crippen molar-refractivity contribution in [1.82, 2.24) is 4.31 Å². The van der Waals surface area contributed by atoms with Crippen molar-refractivity contribution in [2.75, 3.05) is 13.1 Å². The second-order valence-electron chi connectivity index (χ2n) is 3.90. The number of aryl methyl sites for hydroxylation is 1.